The van der Waals surface area contributed by atoms with Gasteiger partial charge in [-0.2, -0.15) is 0 Å². The summed E-state index contributed by atoms with van der Waals surface area (Å²) in [5, 5.41) is 6.08. The number of anilines is 1. The maximum absolute atomic E-state index is 11.9. The highest BCUT2D eigenvalue weighted by molar-refractivity contribution is 5.90. The second kappa shape index (κ2) is 8.18. The Morgan fingerprint density at radius 3 is 2.42 bits per heavy atom. The molecule has 1 amide bonds. The van der Waals surface area contributed by atoms with E-state index in [-0.39, 0.29) is 18.3 Å². The summed E-state index contributed by atoms with van der Waals surface area (Å²) in [5.41, 5.74) is 2.13. The number of amides is 1. The third kappa shape index (κ3) is 5.21. The summed E-state index contributed by atoms with van der Waals surface area (Å²) in [6.07, 6.45) is 5.69. The van der Waals surface area contributed by atoms with Gasteiger partial charge in [-0.3, -0.25) is 4.79 Å². The standard InChI is InChI=1S/C15H22N2O.ClH/c1-16-11-13-6-8-14(9-7-13)17-15(18)10-12-4-2-3-5-12;/h6-9,12,16H,2-5,10-11H2,1H3,(H,17,18);1H. The minimum Gasteiger partial charge on any atom is -0.326 e. The fourth-order valence-corrected chi connectivity index (χ4v) is 2.60. The van der Waals surface area contributed by atoms with Crippen LogP contribution >= 0.6 is 12.4 Å². The second-order valence-corrected chi connectivity index (χ2v) is 5.13. The van der Waals surface area contributed by atoms with Crippen LogP contribution in [0, 0.1) is 5.92 Å². The average molecular weight is 283 g/mol. The largest absolute Gasteiger partial charge is 0.326 e. The molecule has 1 aromatic carbocycles. The van der Waals surface area contributed by atoms with E-state index in [1.807, 2.05) is 31.3 Å². The molecule has 0 saturated heterocycles. The number of nitrogens with one attached hydrogen (secondary N) is 2. The first-order chi connectivity index (χ1) is 8.78. The molecule has 1 aromatic rings. The molecule has 2 N–H and O–H groups in total. The molecule has 1 fully saturated rings. The van der Waals surface area contributed by atoms with Gasteiger partial charge in [0, 0.05) is 18.7 Å². The summed E-state index contributed by atoms with van der Waals surface area (Å²) in [6, 6.07) is 8.03. The summed E-state index contributed by atoms with van der Waals surface area (Å²) in [7, 11) is 1.93. The predicted octanol–water partition coefficient (Wildman–Crippen LogP) is 3.35. The highest BCUT2D eigenvalue weighted by atomic mass is 35.5. The summed E-state index contributed by atoms with van der Waals surface area (Å²) in [4.78, 5) is 11.9. The first kappa shape index (κ1) is 16.0. The Bertz CT molecular complexity index is 386. The van der Waals surface area contributed by atoms with Gasteiger partial charge in [-0.25, -0.2) is 0 Å². The lowest BCUT2D eigenvalue weighted by Gasteiger charge is -2.10. The Labute approximate surface area is 121 Å². The number of carbonyl (C=O) groups excluding carboxylic acids is 1. The van der Waals surface area contributed by atoms with E-state index >= 15 is 0 Å². The highest BCUT2D eigenvalue weighted by Gasteiger charge is 2.18. The molecular formula is C15H23ClN2O. The van der Waals surface area contributed by atoms with Gasteiger partial charge >= 0.3 is 0 Å². The van der Waals surface area contributed by atoms with Gasteiger partial charge in [0.2, 0.25) is 5.91 Å². The third-order valence-electron chi connectivity index (χ3n) is 3.57. The maximum atomic E-state index is 11.9. The highest BCUT2D eigenvalue weighted by Crippen LogP contribution is 2.27. The number of hydrogen-bond donors (Lipinski definition) is 2. The summed E-state index contributed by atoms with van der Waals surface area (Å²) >= 11 is 0. The predicted molar refractivity (Wildman–Crippen MR) is 81.7 cm³/mol. The lowest BCUT2D eigenvalue weighted by Crippen LogP contribution is -2.15. The van der Waals surface area contributed by atoms with E-state index in [2.05, 4.69) is 10.6 Å². The van der Waals surface area contributed by atoms with Gasteiger partial charge in [-0.1, -0.05) is 25.0 Å². The number of carbonyl (C=O) groups is 1. The van der Waals surface area contributed by atoms with E-state index in [0.717, 1.165) is 12.2 Å². The second-order valence-electron chi connectivity index (χ2n) is 5.13. The molecule has 1 saturated carbocycles. The number of hydrogen-bond acceptors (Lipinski definition) is 2. The van der Waals surface area contributed by atoms with Crippen LogP contribution < -0.4 is 10.6 Å². The van der Waals surface area contributed by atoms with E-state index in [9.17, 15) is 4.79 Å². The molecule has 2 rings (SSSR count). The van der Waals surface area contributed by atoms with Crippen molar-refractivity contribution < 1.29 is 4.79 Å². The molecule has 106 valence electrons. The minimum absolute atomic E-state index is 0. The van der Waals surface area contributed by atoms with Gasteiger partial charge in [0.15, 0.2) is 0 Å². The van der Waals surface area contributed by atoms with Gasteiger partial charge in [-0.15, -0.1) is 12.4 Å². The quantitative estimate of drug-likeness (QED) is 0.870. The van der Waals surface area contributed by atoms with Crippen LogP contribution in [0.5, 0.6) is 0 Å². The van der Waals surface area contributed by atoms with E-state index < -0.39 is 0 Å². The molecule has 0 radical (unpaired) electrons. The minimum atomic E-state index is 0. The van der Waals surface area contributed by atoms with Crippen LogP contribution in [-0.4, -0.2) is 13.0 Å². The third-order valence-corrected chi connectivity index (χ3v) is 3.57. The van der Waals surface area contributed by atoms with Crippen LogP contribution in [-0.2, 0) is 11.3 Å². The fourth-order valence-electron chi connectivity index (χ4n) is 2.60. The lowest BCUT2D eigenvalue weighted by atomic mass is 10.0. The molecule has 0 aromatic heterocycles. The SMILES string of the molecule is CNCc1ccc(NC(=O)CC2CCCC2)cc1.Cl. The smallest absolute Gasteiger partial charge is 0.224 e. The molecule has 4 heteroatoms. The monoisotopic (exact) mass is 282 g/mol. The molecule has 1 aliphatic rings. The first-order valence-corrected chi connectivity index (χ1v) is 6.81. The van der Waals surface area contributed by atoms with E-state index in [1.165, 1.54) is 31.2 Å². The van der Waals surface area contributed by atoms with Crippen molar-refractivity contribution in [1.29, 1.82) is 0 Å². The molecule has 0 bridgehead atoms. The Hall–Kier alpha value is -1.06. The molecule has 0 heterocycles. The van der Waals surface area contributed by atoms with Crippen LogP contribution in [0.4, 0.5) is 5.69 Å². The molecular weight excluding hydrogens is 260 g/mol. The van der Waals surface area contributed by atoms with Gasteiger partial charge in [0.25, 0.3) is 0 Å². The summed E-state index contributed by atoms with van der Waals surface area (Å²) in [6.45, 7) is 0.857. The topological polar surface area (TPSA) is 41.1 Å². The molecule has 0 aliphatic heterocycles. The molecule has 19 heavy (non-hydrogen) atoms. The summed E-state index contributed by atoms with van der Waals surface area (Å²) in [5.74, 6) is 0.761. The van der Waals surface area contributed by atoms with Crippen molar-refractivity contribution in [2.24, 2.45) is 5.92 Å². The van der Waals surface area contributed by atoms with Crippen molar-refractivity contribution in [3.8, 4) is 0 Å². The molecule has 0 spiro atoms. The maximum Gasteiger partial charge on any atom is 0.224 e. The van der Waals surface area contributed by atoms with E-state index in [0.29, 0.717) is 12.3 Å². The molecule has 3 nitrogen and oxygen atoms in total. The summed E-state index contributed by atoms with van der Waals surface area (Å²) < 4.78 is 0. The van der Waals surface area contributed by atoms with Crippen molar-refractivity contribution in [2.45, 2.75) is 38.6 Å². The van der Waals surface area contributed by atoms with Crippen LogP contribution in [0.15, 0.2) is 24.3 Å². The van der Waals surface area contributed by atoms with Crippen molar-refractivity contribution in [1.82, 2.24) is 5.32 Å². The van der Waals surface area contributed by atoms with Crippen LogP contribution in [0.1, 0.15) is 37.7 Å². The van der Waals surface area contributed by atoms with Crippen molar-refractivity contribution in [2.75, 3.05) is 12.4 Å². The Kier molecular flexibility index (Phi) is 6.89. The van der Waals surface area contributed by atoms with Crippen LogP contribution in [0.3, 0.4) is 0 Å². The van der Waals surface area contributed by atoms with Gasteiger partial charge in [-0.05, 0) is 43.5 Å². The van der Waals surface area contributed by atoms with Gasteiger partial charge < -0.3 is 10.6 Å². The number of benzene rings is 1. The normalized spacial score (nSPS) is 15.0. The molecule has 0 atom stereocenters. The van der Waals surface area contributed by atoms with Gasteiger partial charge in [0.1, 0.15) is 0 Å². The van der Waals surface area contributed by atoms with Crippen LogP contribution in [0.25, 0.3) is 0 Å². The Morgan fingerprint density at radius 1 is 1.21 bits per heavy atom. The van der Waals surface area contributed by atoms with E-state index in [1.54, 1.807) is 0 Å². The molecule has 1 aliphatic carbocycles. The molecule has 0 unspecified atom stereocenters. The zero-order chi connectivity index (χ0) is 12.8. The van der Waals surface area contributed by atoms with Crippen molar-refractivity contribution in [3.63, 3.8) is 0 Å². The van der Waals surface area contributed by atoms with Crippen molar-refractivity contribution >= 4 is 24.0 Å². The Morgan fingerprint density at radius 2 is 1.84 bits per heavy atom. The van der Waals surface area contributed by atoms with Crippen LogP contribution in [0.2, 0.25) is 0 Å². The lowest BCUT2D eigenvalue weighted by molar-refractivity contribution is -0.117. The average Bonchev–Trinajstić information content (AvgIpc) is 2.84. The number of rotatable bonds is 5. The number of halogens is 1. The van der Waals surface area contributed by atoms with Gasteiger partial charge in [0.05, 0.1) is 0 Å². The fraction of sp³-hybridized carbons (Fsp3) is 0.533. The van der Waals surface area contributed by atoms with Crippen molar-refractivity contribution in [3.05, 3.63) is 29.8 Å². The zero-order valence-corrected chi connectivity index (χ0v) is 12.3. The zero-order valence-electron chi connectivity index (χ0n) is 11.4. The first-order valence-electron chi connectivity index (χ1n) is 6.81. The Balaban J connectivity index is 0.00000180. The van der Waals surface area contributed by atoms with E-state index in [4.69, 9.17) is 0 Å².